The molecule has 1 atom stereocenters. The Balaban J connectivity index is 1.79. The highest BCUT2D eigenvalue weighted by molar-refractivity contribution is 6.38. The molecule has 0 saturated heterocycles. The topological polar surface area (TPSA) is 85.8 Å². The first-order valence-corrected chi connectivity index (χ1v) is 10.7. The number of halogens is 2. The average molecular weight is 483 g/mol. The number of rotatable bonds is 5. The van der Waals surface area contributed by atoms with E-state index in [9.17, 15) is 9.59 Å². The van der Waals surface area contributed by atoms with Gasteiger partial charge in [0.1, 0.15) is 18.1 Å². The van der Waals surface area contributed by atoms with E-state index in [0.717, 1.165) is 0 Å². The first-order valence-electron chi connectivity index (χ1n) is 9.95. The largest absolute Gasteiger partial charge is 0.490 e. The second kappa shape index (κ2) is 8.10. The van der Waals surface area contributed by atoms with Crippen LogP contribution in [0.3, 0.4) is 0 Å². The molecule has 33 heavy (non-hydrogen) atoms. The first kappa shape index (κ1) is 21.3. The molecule has 3 heterocycles. The Kier molecular flexibility index (Phi) is 5.23. The van der Waals surface area contributed by atoms with Crippen LogP contribution >= 0.6 is 23.2 Å². The van der Waals surface area contributed by atoms with E-state index >= 15 is 0 Å². The molecule has 2 aromatic heterocycles. The third-order valence-corrected chi connectivity index (χ3v) is 5.79. The molecular weight excluding hydrogens is 467 g/mol. The van der Waals surface area contributed by atoms with Crippen LogP contribution in [0.15, 0.2) is 68.9 Å². The van der Waals surface area contributed by atoms with Gasteiger partial charge in [-0.05, 0) is 36.8 Å². The maximum Gasteiger partial charge on any atom is 0.296 e. The molecule has 1 aliphatic heterocycles. The van der Waals surface area contributed by atoms with Gasteiger partial charge in [0.15, 0.2) is 16.8 Å². The molecule has 0 aliphatic carbocycles. The van der Waals surface area contributed by atoms with Gasteiger partial charge in [0.25, 0.3) is 5.91 Å². The summed E-state index contributed by atoms with van der Waals surface area (Å²) in [7, 11) is 0. The highest BCUT2D eigenvalue weighted by Crippen LogP contribution is 2.42. The minimum atomic E-state index is -0.831. The summed E-state index contributed by atoms with van der Waals surface area (Å²) in [4.78, 5) is 28.5. The van der Waals surface area contributed by atoms with Gasteiger partial charge in [-0.15, -0.1) is 0 Å². The van der Waals surface area contributed by atoms with Crippen molar-refractivity contribution in [2.24, 2.45) is 0 Å². The Labute approximate surface area is 197 Å². The normalized spacial score (nSPS) is 15.2. The van der Waals surface area contributed by atoms with E-state index in [1.807, 2.05) is 0 Å². The number of carbonyl (C=O) groups excluding carboxylic acids is 1. The fraction of sp³-hybridized carbons (Fsp3) is 0.125. The van der Waals surface area contributed by atoms with Crippen molar-refractivity contribution in [2.45, 2.75) is 13.0 Å². The van der Waals surface area contributed by atoms with Gasteiger partial charge < -0.3 is 13.7 Å². The molecule has 1 aliphatic rings. The van der Waals surface area contributed by atoms with Gasteiger partial charge in [-0.2, -0.15) is 0 Å². The number of amides is 1. The van der Waals surface area contributed by atoms with E-state index in [2.05, 4.69) is 11.7 Å². The number of aromatic nitrogens is 1. The van der Waals surface area contributed by atoms with Crippen LogP contribution in [0.25, 0.3) is 11.0 Å². The molecule has 0 fully saturated rings. The van der Waals surface area contributed by atoms with Crippen molar-refractivity contribution >= 4 is 45.9 Å². The Morgan fingerprint density at radius 3 is 2.76 bits per heavy atom. The molecule has 2 aromatic carbocycles. The fourth-order valence-electron chi connectivity index (χ4n) is 3.95. The fourth-order valence-corrected chi connectivity index (χ4v) is 4.48. The van der Waals surface area contributed by atoms with E-state index in [4.69, 9.17) is 36.9 Å². The lowest BCUT2D eigenvalue weighted by atomic mass is 9.98. The van der Waals surface area contributed by atoms with Gasteiger partial charge in [0.05, 0.1) is 22.0 Å². The average Bonchev–Trinajstić information content (AvgIpc) is 3.34. The molecule has 7 nitrogen and oxygen atoms in total. The number of hydrogen-bond acceptors (Lipinski definition) is 6. The Bertz CT molecular complexity index is 1490. The molecule has 0 saturated carbocycles. The van der Waals surface area contributed by atoms with Crippen LogP contribution in [-0.4, -0.2) is 17.7 Å². The molecule has 0 bridgehead atoms. The van der Waals surface area contributed by atoms with Crippen molar-refractivity contribution in [2.75, 3.05) is 11.5 Å². The predicted molar refractivity (Wildman–Crippen MR) is 125 cm³/mol. The minimum Gasteiger partial charge on any atom is -0.490 e. The monoisotopic (exact) mass is 482 g/mol. The van der Waals surface area contributed by atoms with Crippen molar-refractivity contribution < 1.29 is 18.5 Å². The van der Waals surface area contributed by atoms with Gasteiger partial charge in [0.2, 0.25) is 5.76 Å². The molecule has 0 spiro atoms. The molecule has 5 rings (SSSR count). The maximum absolute atomic E-state index is 13.6. The molecule has 9 heteroatoms. The second-order valence-corrected chi connectivity index (χ2v) is 8.33. The standard InChI is InChI=1S/C24H16Cl2N2O5/c1-3-7-31-15-6-4-5-13(9-15)20-19-21(29)16-10-14(25)11-17(26)22(16)32-23(19)24(30)28(20)18-8-12(2)33-27-18/h3-6,8-11,20H,1,7H2,2H3/t20-/m0/s1. The summed E-state index contributed by atoms with van der Waals surface area (Å²) in [5.74, 6) is 0.667. The zero-order chi connectivity index (χ0) is 23.3. The smallest absolute Gasteiger partial charge is 0.296 e. The lowest BCUT2D eigenvalue weighted by molar-refractivity contribution is 0.0969. The zero-order valence-corrected chi connectivity index (χ0v) is 18.8. The van der Waals surface area contributed by atoms with Crippen molar-refractivity contribution in [1.82, 2.24) is 5.16 Å². The summed E-state index contributed by atoms with van der Waals surface area (Å²) in [6, 6.07) is 10.8. The summed E-state index contributed by atoms with van der Waals surface area (Å²) >= 11 is 12.4. The van der Waals surface area contributed by atoms with E-state index in [-0.39, 0.29) is 38.2 Å². The highest BCUT2D eigenvalue weighted by atomic mass is 35.5. The number of nitrogens with zero attached hydrogens (tertiary/aromatic N) is 2. The summed E-state index contributed by atoms with van der Waals surface area (Å²) < 4.78 is 16.8. The summed E-state index contributed by atoms with van der Waals surface area (Å²) in [6.45, 7) is 5.67. The van der Waals surface area contributed by atoms with Crippen LogP contribution in [0, 0.1) is 6.92 Å². The van der Waals surface area contributed by atoms with E-state index in [1.54, 1.807) is 43.3 Å². The predicted octanol–water partition coefficient (Wildman–Crippen LogP) is 5.71. The number of carbonyl (C=O) groups is 1. The molecule has 0 radical (unpaired) electrons. The van der Waals surface area contributed by atoms with Crippen LogP contribution in [0.5, 0.6) is 5.75 Å². The minimum absolute atomic E-state index is 0.0955. The third kappa shape index (κ3) is 3.50. The molecule has 166 valence electrons. The van der Waals surface area contributed by atoms with Crippen LogP contribution in [0.4, 0.5) is 5.82 Å². The van der Waals surface area contributed by atoms with Crippen LogP contribution in [0.1, 0.15) is 33.5 Å². The summed E-state index contributed by atoms with van der Waals surface area (Å²) in [5.41, 5.74) is 0.476. The highest BCUT2D eigenvalue weighted by Gasteiger charge is 2.45. The van der Waals surface area contributed by atoms with Crippen molar-refractivity contribution in [1.29, 1.82) is 0 Å². The first-order chi connectivity index (χ1) is 15.9. The number of ether oxygens (including phenoxy) is 1. The number of fused-ring (bicyclic) bond motifs is 2. The lowest BCUT2D eigenvalue weighted by Crippen LogP contribution is -2.29. The Morgan fingerprint density at radius 1 is 1.21 bits per heavy atom. The zero-order valence-electron chi connectivity index (χ0n) is 17.3. The maximum atomic E-state index is 13.6. The van der Waals surface area contributed by atoms with Crippen LogP contribution in [0.2, 0.25) is 10.0 Å². The van der Waals surface area contributed by atoms with E-state index < -0.39 is 17.4 Å². The SMILES string of the molecule is C=CCOc1cccc([C@H]2c3c(oc4c(Cl)cc(Cl)cc4c3=O)C(=O)N2c2cc(C)on2)c1. The van der Waals surface area contributed by atoms with Crippen molar-refractivity contribution in [3.8, 4) is 5.75 Å². The van der Waals surface area contributed by atoms with Gasteiger partial charge >= 0.3 is 0 Å². The molecule has 4 aromatic rings. The number of anilines is 1. The van der Waals surface area contributed by atoms with E-state index in [1.165, 1.54) is 17.0 Å². The summed E-state index contributed by atoms with van der Waals surface area (Å²) in [5, 5.41) is 4.60. The van der Waals surface area contributed by atoms with Gasteiger partial charge in [0, 0.05) is 11.1 Å². The number of hydrogen-bond donors (Lipinski definition) is 0. The quantitative estimate of drug-likeness (QED) is 0.338. The molecular formula is C24H16Cl2N2O5. The molecule has 0 unspecified atom stereocenters. The Hall–Kier alpha value is -3.55. The van der Waals surface area contributed by atoms with Gasteiger partial charge in [-0.3, -0.25) is 14.5 Å². The molecule has 1 amide bonds. The summed E-state index contributed by atoms with van der Waals surface area (Å²) in [6.07, 6.45) is 1.62. The van der Waals surface area contributed by atoms with Gasteiger partial charge in [-0.25, -0.2) is 0 Å². The number of aryl methyl sites for hydroxylation is 1. The van der Waals surface area contributed by atoms with Crippen molar-refractivity contribution in [3.63, 3.8) is 0 Å². The van der Waals surface area contributed by atoms with Crippen molar-refractivity contribution in [3.05, 3.63) is 98.0 Å². The van der Waals surface area contributed by atoms with Gasteiger partial charge in [-0.1, -0.05) is 53.1 Å². The Morgan fingerprint density at radius 2 is 2.03 bits per heavy atom. The third-order valence-electron chi connectivity index (χ3n) is 5.30. The second-order valence-electron chi connectivity index (χ2n) is 7.48. The molecule has 0 N–H and O–H groups in total. The van der Waals surface area contributed by atoms with Crippen LogP contribution in [-0.2, 0) is 0 Å². The van der Waals surface area contributed by atoms with E-state index in [0.29, 0.717) is 23.7 Å². The lowest BCUT2D eigenvalue weighted by Gasteiger charge is -2.22. The number of benzene rings is 2. The van der Waals surface area contributed by atoms with Crippen LogP contribution < -0.4 is 15.1 Å².